The average molecular weight is 283 g/mol. The Labute approximate surface area is 113 Å². The predicted octanol–water partition coefficient (Wildman–Crippen LogP) is 4.34. The number of aromatic nitrogens is 1. The second-order valence-electron chi connectivity index (χ2n) is 4.23. The summed E-state index contributed by atoms with van der Waals surface area (Å²) in [7, 11) is 0. The Balaban J connectivity index is 2.52. The molecule has 0 fully saturated rings. The van der Waals surface area contributed by atoms with E-state index in [9.17, 15) is 18.0 Å². The van der Waals surface area contributed by atoms with E-state index in [1.54, 1.807) is 25.1 Å². The molecule has 106 valence electrons. The Morgan fingerprint density at radius 1 is 1.25 bits per heavy atom. The molecular formula is C14H12F3NO2. The highest BCUT2D eigenvalue weighted by molar-refractivity contribution is 5.92. The van der Waals surface area contributed by atoms with Crippen molar-refractivity contribution in [1.82, 2.24) is 4.98 Å². The number of carbonyl (C=O) groups is 1. The van der Waals surface area contributed by atoms with Gasteiger partial charge in [-0.1, -0.05) is 37.3 Å². The summed E-state index contributed by atoms with van der Waals surface area (Å²) in [4.78, 5) is 15.4. The van der Waals surface area contributed by atoms with E-state index in [0.29, 0.717) is 6.42 Å². The van der Waals surface area contributed by atoms with Crippen LogP contribution in [0.3, 0.4) is 0 Å². The number of hydrogen-bond donors (Lipinski definition) is 0. The molecule has 6 heteroatoms. The topological polar surface area (TPSA) is 43.1 Å². The first-order chi connectivity index (χ1) is 9.43. The number of alkyl halides is 3. The second-order valence-corrected chi connectivity index (χ2v) is 4.23. The van der Waals surface area contributed by atoms with Crippen LogP contribution in [0.4, 0.5) is 13.2 Å². The Hall–Kier alpha value is -2.11. The summed E-state index contributed by atoms with van der Waals surface area (Å²) in [5.74, 6) is -2.25. The molecule has 0 bridgehead atoms. The number of oxazole rings is 1. The summed E-state index contributed by atoms with van der Waals surface area (Å²) in [5.41, 5.74) is -0.0864. The van der Waals surface area contributed by atoms with Crippen molar-refractivity contribution in [2.24, 2.45) is 0 Å². The number of carbonyl (C=O) groups excluding carboxylic acids is 1. The minimum atomic E-state index is -4.69. The lowest BCUT2D eigenvalue weighted by Gasteiger charge is -2.04. The maximum absolute atomic E-state index is 13.0. The van der Waals surface area contributed by atoms with Crippen LogP contribution in [-0.2, 0) is 6.18 Å². The first-order valence-electron chi connectivity index (χ1n) is 6.10. The largest absolute Gasteiger partial charge is 0.451 e. The third-order valence-electron chi connectivity index (χ3n) is 2.65. The van der Waals surface area contributed by atoms with Gasteiger partial charge in [0.2, 0.25) is 11.5 Å². The van der Waals surface area contributed by atoms with Crippen LogP contribution < -0.4 is 0 Å². The lowest BCUT2D eigenvalue weighted by Crippen LogP contribution is -2.05. The molecule has 0 amide bonds. The smallest absolute Gasteiger partial charge is 0.428 e. The molecule has 1 aromatic heterocycles. The molecule has 1 aromatic carbocycles. The van der Waals surface area contributed by atoms with Crippen LogP contribution >= 0.6 is 0 Å². The molecule has 0 radical (unpaired) electrons. The van der Waals surface area contributed by atoms with Crippen LogP contribution in [-0.4, -0.2) is 10.8 Å². The highest BCUT2D eigenvalue weighted by Crippen LogP contribution is 2.37. The molecule has 0 spiro atoms. The van der Waals surface area contributed by atoms with Gasteiger partial charge in [0.1, 0.15) is 5.69 Å². The summed E-state index contributed by atoms with van der Waals surface area (Å²) in [6.07, 6.45) is -4.07. The lowest BCUT2D eigenvalue weighted by atomic mass is 10.1. The van der Waals surface area contributed by atoms with Gasteiger partial charge in [-0.05, 0) is 6.42 Å². The second kappa shape index (κ2) is 5.48. The zero-order valence-electron chi connectivity index (χ0n) is 10.7. The monoisotopic (exact) mass is 283 g/mol. The minimum absolute atomic E-state index is 0.103. The SMILES string of the molecule is CCCC(=O)c1nc(-c2ccccc2)c(C(F)(F)F)o1. The maximum atomic E-state index is 13.0. The number of ketones is 1. The van der Waals surface area contributed by atoms with Crippen molar-refractivity contribution in [2.75, 3.05) is 0 Å². The Morgan fingerprint density at radius 2 is 1.90 bits per heavy atom. The van der Waals surface area contributed by atoms with Gasteiger partial charge in [0, 0.05) is 12.0 Å². The molecule has 0 saturated carbocycles. The van der Waals surface area contributed by atoms with Gasteiger partial charge < -0.3 is 4.42 Å². The van der Waals surface area contributed by atoms with Gasteiger partial charge in [0.05, 0.1) is 0 Å². The van der Waals surface area contributed by atoms with Crippen molar-refractivity contribution in [1.29, 1.82) is 0 Å². The third kappa shape index (κ3) is 2.89. The number of Topliss-reactive ketones (excluding diaryl/α,β-unsaturated/α-hetero) is 1. The molecule has 20 heavy (non-hydrogen) atoms. The molecule has 0 aliphatic rings. The zero-order chi connectivity index (χ0) is 14.8. The van der Waals surface area contributed by atoms with E-state index in [-0.39, 0.29) is 17.7 Å². The molecule has 2 rings (SSSR count). The highest BCUT2D eigenvalue weighted by Gasteiger charge is 2.40. The number of benzene rings is 1. The standard InChI is InChI=1S/C14H12F3NO2/c1-2-6-10(19)13-18-11(9-7-4-3-5-8-9)12(20-13)14(15,16)17/h3-5,7-8H,2,6H2,1H3. The highest BCUT2D eigenvalue weighted by atomic mass is 19.4. The Bertz CT molecular complexity index is 603. The number of halogens is 3. The van der Waals surface area contributed by atoms with E-state index < -0.39 is 23.6 Å². The molecule has 0 atom stereocenters. The third-order valence-corrected chi connectivity index (χ3v) is 2.65. The molecule has 0 saturated heterocycles. The molecule has 0 unspecified atom stereocenters. The number of rotatable bonds is 4. The van der Waals surface area contributed by atoms with Gasteiger partial charge in [-0.2, -0.15) is 13.2 Å². The molecule has 1 heterocycles. The van der Waals surface area contributed by atoms with Gasteiger partial charge in [0.15, 0.2) is 0 Å². The van der Waals surface area contributed by atoms with Crippen molar-refractivity contribution < 1.29 is 22.4 Å². The van der Waals surface area contributed by atoms with Crippen molar-refractivity contribution in [3.05, 3.63) is 42.0 Å². The Kier molecular flexibility index (Phi) is 3.92. The molecule has 0 aliphatic heterocycles. The van der Waals surface area contributed by atoms with Gasteiger partial charge in [-0.25, -0.2) is 4.98 Å². The summed E-state index contributed by atoms with van der Waals surface area (Å²) >= 11 is 0. The van der Waals surface area contributed by atoms with Crippen LogP contribution in [0, 0.1) is 0 Å². The molecular weight excluding hydrogens is 271 g/mol. The molecule has 3 nitrogen and oxygen atoms in total. The van der Waals surface area contributed by atoms with Crippen LogP contribution in [0.25, 0.3) is 11.3 Å². The van der Waals surface area contributed by atoms with E-state index in [1.807, 2.05) is 0 Å². The van der Waals surface area contributed by atoms with Crippen LogP contribution in [0.2, 0.25) is 0 Å². The summed E-state index contributed by atoms with van der Waals surface area (Å²) in [5, 5.41) is 0. The summed E-state index contributed by atoms with van der Waals surface area (Å²) in [6, 6.07) is 7.84. The molecule has 2 aromatic rings. The van der Waals surface area contributed by atoms with Crippen molar-refractivity contribution in [3.63, 3.8) is 0 Å². The van der Waals surface area contributed by atoms with E-state index in [1.165, 1.54) is 12.1 Å². The van der Waals surface area contributed by atoms with Crippen LogP contribution in [0.1, 0.15) is 36.2 Å². The van der Waals surface area contributed by atoms with E-state index in [4.69, 9.17) is 0 Å². The van der Waals surface area contributed by atoms with E-state index in [0.717, 1.165) is 0 Å². The fourth-order valence-electron chi connectivity index (χ4n) is 1.76. The quantitative estimate of drug-likeness (QED) is 0.784. The van der Waals surface area contributed by atoms with Crippen molar-refractivity contribution in [3.8, 4) is 11.3 Å². The van der Waals surface area contributed by atoms with Gasteiger partial charge in [0.25, 0.3) is 5.89 Å². The van der Waals surface area contributed by atoms with Crippen molar-refractivity contribution in [2.45, 2.75) is 25.9 Å². The van der Waals surface area contributed by atoms with Gasteiger partial charge in [-0.3, -0.25) is 4.79 Å². The molecule has 0 N–H and O–H groups in total. The maximum Gasteiger partial charge on any atom is 0.451 e. The Morgan fingerprint density at radius 3 is 2.45 bits per heavy atom. The summed E-state index contributed by atoms with van der Waals surface area (Å²) < 4.78 is 43.5. The predicted molar refractivity (Wildman–Crippen MR) is 66.2 cm³/mol. The van der Waals surface area contributed by atoms with E-state index in [2.05, 4.69) is 9.40 Å². The fraction of sp³-hybridized carbons (Fsp3) is 0.286. The van der Waals surface area contributed by atoms with Crippen molar-refractivity contribution >= 4 is 5.78 Å². The van der Waals surface area contributed by atoms with Crippen LogP contribution in [0.5, 0.6) is 0 Å². The number of nitrogens with zero attached hydrogens (tertiary/aromatic N) is 1. The average Bonchev–Trinajstić information content (AvgIpc) is 2.85. The lowest BCUT2D eigenvalue weighted by molar-refractivity contribution is -0.152. The number of hydrogen-bond acceptors (Lipinski definition) is 3. The zero-order valence-corrected chi connectivity index (χ0v) is 10.7. The normalized spacial score (nSPS) is 11.6. The minimum Gasteiger partial charge on any atom is -0.428 e. The fourth-order valence-corrected chi connectivity index (χ4v) is 1.76. The first-order valence-corrected chi connectivity index (χ1v) is 6.10. The van der Waals surface area contributed by atoms with Crippen LogP contribution in [0.15, 0.2) is 34.7 Å². The summed E-state index contributed by atoms with van der Waals surface area (Å²) in [6.45, 7) is 1.75. The van der Waals surface area contributed by atoms with Gasteiger partial charge >= 0.3 is 6.18 Å². The van der Waals surface area contributed by atoms with Gasteiger partial charge in [-0.15, -0.1) is 0 Å². The van der Waals surface area contributed by atoms with E-state index >= 15 is 0 Å². The molecule has 0 aliphatic carbocycles. The first kappa shape index (κ1) is 14.3.